The summed E-state index contributed by atoms with van der Waals surface area (Å²) in [5, 5.41) is 2.88. The third kappa shape index (κ3) is 4.67. The minimum atomic E-state index is -0.226. The zero-order chi connectivity index (χ0) is 20.9. The lowest BCUT2D eigenvalue weighted by molar-refractivity contribution is -0.136. The largest absolute Gasteiger partial charge is 0.331 e. The second-order valence-corrected chi connectivity index (χ2v) is 8.13. The van der Waals surface area contributed by atoms with Crippen LogP contribution in [0.15, 0.2) is 36.5 Å². The molecule has 7 heteroatoms. The van der Waals surface area contributed by atoms with E-state index in [-0.39, 0.29) is 17.9 Å². The average Bonchev–Trinajstić information content (AvgIpc) is 3.27. The molecule has 2 saturated heterocycles. The molecule has 2 aliphatic rings. The van der Waals surface area contributed by atoms with Gasteiger partial charge < -0.3 is 10.2 Å². The van der Waals surface area contributed by atoms with Crippen LogP contribution in [0.3, 0.4) is 0 Å². The molecule has 1 N–H and O–H groups in total. The van der Waals surface area contributed by atoms with Crippen molar-refractivity contribution in [3.63, 3.8) is 0 Å². The Bertz CT molecular complexity index is 896. The van der Waals surface area contributed by atoms with E-state index in [0.29, 0.717) is 23.6 Å². The maximum Gasteiger partial charge on any atom is 0.259 e. The molecule has 2 fully saturated rings. The first-order valence-corrected chi connectivity index (χ1v) is 10.8. The Hall–Kier alpha value is -2.80. The monoisotopic (exact) mass is 407 g/mol. The highest BCUT2D eigenvalue weighted by molar-refractivity contribution is 6.04. The van der Waals surface area contributed by atoms with E-state index >= 15 is 0 Å². The van der Waals surface area contributed by atoms with Crippen LogP contribution in [-0.2, 0) is 4.79 Å². The Morgan fingerprint density at radius 3 is 2.53 bits per heavy atom. The second kappa shape index (κ2) is 9.34. The van der Waals surface area contributed by atoms with Gasteiger partial charge in [0.05, 0.1) is 23.8 Å². The molecular weight excluding hydrogens is 378 g/mol. The van der Waals surface area contributed by atoms with Crippen LogP contribution in [0.5, 0.6) is 0 Å². The third-order valence-electron chi connectivity index (χ3n) is 5.95. The number of carbonyl (C=O) groups is 2. The van der Waals surface area contributed by atoms with Gasteiger partial charge in [-0.05, 0) is 64.3 Å². The summed E-state index contributed by atoms with van der Waals surface area (Å²) in [5.74, 6) is 0.572. The first-order valence-electron chi connectivity index (χ1n) is 10.8. The number of aromatic nitrogens is 2. The number of amides is 2. The van der Waals surface area contributed by atoms with Crippen molar-refractivity contribution < 1.29 is 9.59 Å². The van der Waals surface area contributed by atoms with E-state index in [2.05, 4.69) is 20.2 Å². The lowest BCUT2D eigenvalue weighted by Crippen LogP contribution is -2.44. The normalized spacial score (nSPS) is 19.6. The van der Waals surface area contributed by atoms with Gasteiger partial charge in [0.25, 0.3) is 5.91 Å². The number of aryl methyl sites for hydroxylation is 1. The number of likely N-dealkylation sites (tertiary alicyclic amines) is 2. The van der Waals surface area contributed by atoms with Crippen LogP contribution in [0.25, 0.3) is 0 Å². The zero-order valence-corrected chi connectivity index (χ0v) is 17.5. The van der Waals surface area contributed by atoms with Crippen molar-refractivity contribution >= 4 is 17.5 Å². The summed E-state index contributed by atoms with van der Waals surface area (Å²) in [5.41, 5.74) is 1.82. The Balaban J connectivity index is 1.48. The summed E-state index contributed by atoms with van der Waals surface area (Å²) in [6.07, 6.45) is 6.86. The van der Waals surface area contributed by atoms with Crippen molar-refractivity contribution in [3.8, 4) is 0 Å². The molecule has 1 atom stereocenters. The molecule has 0 bridgehead atoms. The lowest BCUT2D eigenvalue weighted by atomic mass is 10.0. The van der Waals surface area contributed by atoms with Gasteiger partial charge in [0, 0.05) is 18.4 Å². The molecule has 3 heterocycles. The van der Waals surface area contributed by atoms with Crippen LogP contribution >= 0.6 is 0 Å². The molecule has 7 nitrogen and oxygen atoms in total. The van der Waals surface area contributed by atoms with Crippen molar-refractivity contribution in [2.45, 2.75) is 45.1 Å². The van der Waals surface area contributed by atoms with Crippen LogP contribution in [0.2, 0.25) is 0 Å². The van der Waals surface area contributed by atoms with Crippen molar-refractivity contribution in [2.75, 3.05) is 31.5 Å². The van der Waals surface area contributed by atoms with E-state index in [9.17, 15) is 9.59 Å². The molecule has 2 aromatic rings. The van der Waals surface area contributed by atoms with Crippen molar-refractivity contribution in [1.82, 2.24) is 19.8 Å². The van der Waals surface area contributed by atoms with Crippen LogP contribution in [-0.4, -0.2) is 57.8 Å². The number of nitrogens with one attached hydrogen (secondary N) is 1. The summed E-state index contributed by atoms with van der Waals surface area (Å²) in [7, 11) is 0. The van der Waals surface area contributed by atoms with E-state index in [1.807, 2.05) is 42.2 Å². The highest BCUT2D eigenvalue weighted by Crippen LogP contribution is 2.29. The number of anilines is 1. The summed E-state index contributed by atoms with van der Waals surface area (Å²) >= 11 is 0. The Morgan fingerprint density at radius 1 is 1.07 bits per heavy atom. The smallest absolute Gasteiger partial charge is 0.259 e. The zero-order valence-electron chi connectivity index (χ0n) is 17.5. The highest BCUT2D eigenvalue weighted by atomic mass is 16.2. The molecule has 2 aliphatic heterocycles. The van der Waals surface area contributed by atoms with Gasteiger partial charge in [-0.1, -0.05) is 18.2 Å². The fraction of sp³-hybridized carbons (Fsp3) is 0.478. The molecule has 158 valence electrons. The number of nitrogens with zero attached hydrogens (tertiary/aromatic N) is 4. The summed E-state index contributed by atoms with van der Waals surface area (Å²) < 4.78 is 0. The van der Waals surface area contributed by atoms with E-state index in [4.69, 9.17) is 0 Å². The number of hydrogen-bond acceptors (Lipinski definition) is 5. The van der Waals surface area contributed by atoms with Gasteiger partial charge in [-0.3, -0.25) is 14.5 Å². The highest BCUT2D eigenvalue weighted by Gasteiger charge is 2.31. The molecule has 1 unspecified atom stereocenters. The molecule has 0 radical (unpaired) electrons. The molecule has 30 heavy (non-hydrogen) atoms. The SMILES string of the molecule is Cc1nc(C2CCCCN2C(=O)CN2CCCC2)ncc1C(=O)Nc1ccccc1. The number of benzene rings is 1. The number of para-hydroxylation sites is 1. The molecule has 4 rings (SSSR count). The predicted molar refractivity (Wildman–Crippen MR) is 115 cm³/mol. The maximum absolute atomic E-state index is 13.0. The maximum atomic E-state index is 13.0. The van der Waals surface area contributed by atoms with E-state index in [0.717, 1.165) is 44.6 Å². The number of piperidine rings is 1. The fourth-order valence-electron chi connectivity index (χ4n) is 4.31. The lowest BCUT2D eigenvalue weighted by Gasteiger charge is -2.35. The first-order chi connectivity index (χ1) is 14.6. The quantitative estimate of drug-likeness (QED) is 0.824. The third-order valence-corrected chi connectivity index (χ3v) is 5.95. The van der Waals surface area contributed by atoms with E-state index in [1.165, 1.54) is 12.8 Å². The average molecular weight is 408 g/mol. The van der Waals surface area contributed by atoms with Crippen LogP contribution in [0, 0.1) is 6.92 Å². The Morgan fingerprint density at radius 2 is 1.80 bits per heavy atom. The molecule has 1 aromatic heterocycles. The second-order valence-electron chi connectivity index (χ2n) is 8.13. The minimum Gasteiger partial charge on any atom is -0.331 e. The van der Waals surface area contributed by atoms with Crippen LogP contribution in [0.4, 0.5) is 5.69 Å². The summed E-state index contributed by atoms with van der Waals surface area (Å²) in [6.45, 7) is 5.06. The molecule has 1 aromatic carbocycles. The molecule has 0 aliphatic carbocycles. The van der Waals surface area contributed by atoms with Crippen molar-refractivity contribution in [1.29, 1.82) is 0 Å². The van der Waals surface area contributed by atoms with Crippen LogP contribution in [0.1, 0.15) is 60.0 Å². The van der Waals surface area contributed by atoms with Gasteiger partial charge in [0.1, 0.15) is 0 Å². The van der Waals surface area contributed by atoms with E-state index < -0.39 is 0 Å². The standard InChI is InChI=1S/C23H29N5O2/c1-17-19(23(30)26-18-9-3-2-4-10-18)15-24-22(25-17)20-11-5-6-14-28(20)21(29)16-27-12-7-8-13-27/h2-4,9-10,15,20H,5-8,11-14,16H2,1H3,(H,26,30). The van der Waals surface area contributed by atoms with Gasteiger partial charge in [-0.15, -0.1) is 0 Å². The van der Waals surface area contributed by atoms with Gasteiger partial charge in [0.15, 0.2) is 5.82 Å². The van der Waals surface area contributed by atoms with Crippen molar-refractivity contribution in [3.05, 3.63) is 53.6 Å². The van der Waals surface area contributed by atoms with Gasteiger partial charge in [-0.25, -0.2) is 9.97 Å². The van der Waals surface area contributed by atoms with Gasteiger partial charge in [-0.2, -0.15) is 0 Å². The first kappa shape index (κ1) is 20.5. The predicted octanol–water partition coefficient (Wildman–Crippen LogP) is 3.19. The minimum absolute atomic E-state index is 0.112. The topological polar surface area (TPSA) is 78.4 Å². The molecule has 2 amide bonds. The number of rotatable bonds is 5. The molecule has 0 spiro atoms. The van der Waals surface area contributed by atoms with Crippen molar-refractivity contribution in [2.24, 2.45) is 0 Å². The van der Waals surface area contributed by atoms with E-state index in [1.54, 1.807) is 6.20 Å². The van der Waals surface area contributed by atoms with Gasteiger partial charge in [0.2, 0.25) is 5.91 Å². The number of hydrogen-bond donors (Lipinski definition) is 1. The van der Waals surface area contributed by atoms with Gasteiger partial charge >= 0.3 is 0 Å². The fourth-order valence-corrected chi connectivity index (χ4v) is 4.31. The summed E-state index contributed by atoms with van der Waals surface area (Å²) in [4.78, 5) is 38.9. The Labute approximate surface area is 177 Å². The Kier molecular flexibility index (Phi) is 6.38. The molecule has 0 saturated carbocycles. The van der Waals surface area contributed by atoms with Crippen LogP contribution < -0.4 is 5.32 Å². The number of carbonyl (C=O) groups excluding carboxylic acids is 2. The molecular formula is C23H29N5O2. The summed E-state index contributed by atoms with van der Waals surface area (Å²) in [6, 6.07) is 9.22.